The number of aliphatic hydroxyl groups excluding tert-OH is 1. The summed E-state index contributed by atoms with van der Waals surface area (Å²) >= 11 is 0. The Morgan fingerprint density at radius 2 is 1.57 bits per heavy atom. The van der Waals surface area contributed by atoms with Crippen molar-refractivity contribution < 1.29 is 17.7 Å². The molecule has 2 atom stereocenters. The first-order chi connectivity index (χ1) is 14.5. The van der Waals surface area contributed by atoms with E-state index in [2.05, 4.69) is 0 Å². The molecule has 4 rings (SSSR count). The summed E-state index contributed by atoms with van der Waals surface area (Å²) in [4.78, 5) is 0.0722. The zero-order chi connectivity index (χ0) is 21.1. The van der Waals surface area contributed by atoms with E-state index in [0.717, 1.165) is 22.0 Å². The van der Waals surface area contributed by atoms with Crippen molar-refractivity contribution in [1.29, 1.82) is 0 Å². The molecule has 0 saturated heterocycles. The minimum atomic E-state index is -3.97. The fourth-order valence-electron chi connectivity index (χ4n) is 3.59. The molecule has 0 saturated carbocycles. The van der Waals surface area contributed by atoms with Crippen molar-refractivity contribution >= 4 is 21.0 Å². The molecule has 1 N–H and O–H groups in total. The summed E-state index contributed by atoms with van der Waals surface area (Å²) in [5, 5.41) is 12.1. The van der Waals surface area contributed by atoms with Crippen LogP contribution in [0.15, 0.2) is 96.0 Å². The highest BCUT2D eigenvalue weighted by molar-refractivity contribution is 7.86. The van der Waals surface area contributed by atoms with E-state index in [0.29, 0.717) is 0 Å². The molecular weight excluding hydrogens is 398 g/mol. The van der Waals surface area contributed by atoms with Crippen LogP contribution in [-0.2, 0) is 14.3 Å². The van der Waals surface area contributed by atoms with E-state index in [9.17, 15) is 13.5 Å². The van der Waals surface area contributed by atoms with Gasteiger partial charge in [-0.3, -0.25) is 4.18 Å². The Morgan fingerprint density at radius 3 is 2.30 bits per heavy atom. The first-order valence-electron chi connectivity index (χ1n) is 9.70. The molecule has 4 aromatic rings. The van der Waals surface area contributed by atoms with Crippen LogP contribution in [0.3, 0.4) is 0 Å². The molecule has 30 heavy (non-hydrogen) atoms. The Bertz CT molecular complexity index is 1230. The van der Waals surface area contributed by atoms with Crippen LogP contribution >= 0.6 is 0 Å². The number of aliphatic hydroxyl groups is 1. The summed E-state index contributed by atoms with van der Waals surface area (Å²) in [7, 11) is -3.97. The lowest BCUT2D eigenvalue weighted by molar-refractivity contribution is 0.0785. The molecule has 3 aromatic carbocycles. The molecule has 0 aliphatic carbocycles. The van der Waals surface area contributed by atoms with Crippen molar-refractivity contribution in [3.63, 3.8) is 0 Å². The first kappa shape index (κ1) is 20.3. The van der Waals surface area contributed by atoms with Gasteiger partial charge in [-0.2, -0.15) is 8.42 Å². The van der Waals surface area contributed by atoms with Gasteiger partial charge >= 0.3 is 0 Å². The molecule has 0 amide bonds. The maximum absolute atomic E-state index is 12.6. The summed E-state index contributed by atoms with van der Waals surface area (Å²) in [5.41, 5.74) is 2.77. The Morgan fingerprint density at radius 1 is 0.900 bits per heavy atom. The van der Waals surface area contributed by atoms with Gasteiger partial charge in [-0.15, -0.1) is 0 Å². The largest absolute Gasteiger partial charge is 0.388 e. The smallest absolute Gasteiger partial charge is 0.297 e. The van der Waals surface area contributed by atoms with Crippen molar-refractivity contribution in [2.24, 2.45) is 0 Å². The molecule has 2 unspecified atom stereocenters. The van der Waals surface area contributed by atoms with Gasteiger partial charge in [-0.1, -0.05) is 66.2 Å². The van der Waals surface area contributed by atoms with Crippen LogP contribution < -0.4 is 0 Å². The molecule has 0 bridgehead atoms. The predicted octanol–water partition coefficient (Wildman–Crippen LogP) is 4.31. The number of fused-ring (bicyclic) bond motifs is 1. The van der Waals surface area contributed by atoms with Crippen molar-refractivity contribution in [2.75, 3.05) is 6.61 Å². The summed E-state index contributed by atoms with van der Waals surface area (Å²) in [6.45, 7) is 1.52. The van der Waals surface area contributed by atoms with Gasteiger partial charge in [-0.05, 0) is 42.1 Å². The zero-order valence-electron chi connectivity index (χ0n) is 16.5. The maximum atomic E-state index is 12.6. The third kappa shape index (κ3) is 4.16. The van der Waals surface area contributed by atoms with Crippen LogP contribution in [0, 0.1) is 6.92 Å². The molecule has 5 nitrogen and oxygen atoms in total. The second kappa shape index (κ2) is 8.44. The van der Waals surface area contributed by atoms with Gasteiger partial charge in [0, 0.05) is 11.7 Å². The molecule has 0 fully saturated rings. The number of aromatic nitrogens is 1. The molecule has 154 valence electrons. The van der Waals surface area contributed by atoms with Gasteiger partial charge < -0.3 is 9.67 Å². The Kier molecular flexibility index (Phi) is 5.72. The van der Waals surface area contributed by atoms with Gasteiger partial charge in [0.25, 0.3) is 10.1 Å². The average molecular weight is 422 g/mol. The highest BCUT2D eigenvalue weighted by Crippen LogP contribution is 2.28. The SMILES string of the molecule is Cc1ccc(S(=O)(=O)OCC(O)C(c2ccccc2)n2ccc3ccccc32)cc1. The summed E-state index contributed by atoms with van der Waals surface area (Å²) in [6.07, 6.45) is 0.823. The number of hydrogen-bond acceptors (Lipinski definition) is 4. The standard InChI is InChI=1S/C24H23NO4S/c1-18-11-13-21(14-12-18)30(27,28)29-17-23(26)24(20-8-3-2-4-9-20)25-16-15-19-7-5-6-10-22(19)25/h2-16,23-24,26H,17H2,1H3. The summed E-state index contributed by atoms with van der Waals surface area (Å²) in [5.74, 6) is 0. The molecule has 0 aliphatic heterocycles. The monoisotopic (exact) mass is 421 g/mol. The van der Waals surface area contributed by atoms with E-state index in [4.69, 9.17) is 4.18 Å². The van der Waals surface area contributed by atoms with Crippen LogP contribution in [0.4, 0.5) is 0 Å². The molecule has 6 heteroatoms. The molecule has 1 heterocycles. The van der Waals surface area contributed by atoms with Crippen molar-refractivity contribution in [2.45, 2.75) is 24.0 Å². The third-order valence-electron chi connectivity index (χ3n) is 5.14. The number of benzene rings is 3. The summed E-state index contributed by atoms with van der Waals surface area (Å²) < 4.78 is 32.3. The minimum absolute atomic E-state index is 0.0722. The Hall–Kier alpha value is -2.93. The normalized spacial score (nSPS) is 13.9. The summed E-state index contributed by atoms with van der Waals surface area (Å²) in [6, 6.07) is 25.3. The fourth-order valence-corrected chi connectivity index (χ4v) is 4.51. The zero-order valence-corrected chi connectivity index (χ0v) is 17.4. The molecule has 0 aliphatic rings. The van der Waals surface area contributed by atoms with Gasteiger partial charge in [-0.25, -0.2) is 0 Å². The lowest BCUT2D eigenvalue weighted by Crippen LogP contribution is -2.30. The van der Waals surface area contributed by atoms with Gasteiger partial charge in [0.1, 0.15) is 6.10 Å². The molecular formula is C24H23NO4S. The number of hydrogen-bond donors (Lipinski definition) is 1. The number of aryl methyl sites for hydroxylation is 1. The quantitative estimate of drug-likeness (QED) is 0.452. The second-order valence-corrected chi connectivity index (χ2v) is 8.87. The van der Waals surface area contributed by atoms with E-state index in [1.165, 1.54) is 12.1 Å². The maximum Gasteiger partial charge on any atom is 0.297 e. The number of para-hydroxylation sites is 1. The highest BCUT2D eigenvalue weighted by atomic mass is 32.2. The Balaban J connectivity index is 1.64. The lowest BCUT2D eigenvalue weighted by Gasteiger charge is -2.26. The second-order valence-electron chi connectivity index (χ2n) is 7.26. The first-order valence-corrected chi connectivity index (χ1v) is 11.1. The van der Waals surface area contributed by atoms with E-state index in [1.807, 2.05) is 78.4 Å². The Labute approximate surface area is 176 Å². The topological polar surface area (TPSA) is 68.5 Å². The van der Waals surface area contributed by atoms with E-state index in [1.54, 1.807) is 12.1 Å². The van der Waals surface area contributed by atoms with Gasteiger partial charge in [0.2, 0.25) is 0 Å². The fraction of sp³-hybridized carbons (Fsp3) is 0.167. The van der Waals surface area contributed by atoms with Crippen LogP contribution in [0.25, 0.3) is 10.9 Å². The van der Waals surface area contributed by atoms with Crippen LogP contribution in [0.1, 0.15) is 17.2 Å². The van der Waals surface area contributed by atoms with Gasteiger partial charge in [0.15, 0.2) is 0 Å². The number of nitrogens with zero attached hydrogens (tertiary/aromatic N) is 1. The number of rotatable bonds is 7. The van der Waals surface area contributed by atoms with Gasteiger partial charge in [0.05, 0.1) is 17.5 Å². The van der Waals surface area contributed by atoms with E-state index >= 15 is 0 Å². The molecule has 1 aromatic heterocycles. The van der Waals surface area contributed by atoms with Crippen LogP contribution in [0.2, 0.25) is 0 Å². The lowest BCUT2D eigenvalue weighted by atomic mass is 10.0. The minimum Gasteiger partial charge on any atom is -0.388 e. The van der Waals surface area contributed by atoms with Crippen molar-refractivity contribution in [3.05, 3.63) is 102 Å². The van der Waals surface area contributed by atoms with Crippen LogP contribution in [-0.4, -0.2) is 30.8 Å². The highest BCUT2D eigenvalue weighted by Gasteiger charge is 2.27. The molecule has 0 spiro atoms. The van der Waals surface area contributed by atoms with E-state index < -0.39 is 22.3 Å². The average Bonchev–Trinajstić information content (AvgIpc) is 3.18. The van der Waals surface area contributed by atoms with Crippen molar-refractivity contribution in [1.82, 2.24) is 4.57 Å². The van der Waals surface area contributed by atoms with Crippen molar-refractivity contribution in [3.8, 4) is 0 Å². The third-order valence-corrected chi connectivity index (χ3v) is 6.43. The van der Waals surface area contributed by atoms with Crippen LogP contribution in [0.5, 0.6) is 0 Å². The molecule has 0 radical (unpaired) electrons. The predicted molar refractivity (Wildman–Crippen MR) is 117 cm³/mol. The van der Waals surface area contributed by atoms with E-state index in [-0.39, 0.29) is 11.5 Å².